The van der Waals surface area contributed by atoms with Gasteiger partial charge in [-0.1, -0.05) is 38.5 Å². The smallest absolute Gasteiger partial charge is 0.00277 e. The maximum absolute atomic E-state index is 3.88. The molecule has 0 bridgehead atoms. The Bertz CT molecular complexity index is 167. The summed E-state index contributed by atoms with van der Waals surface area (Å²) < 4.78 is 0. The second-order valence-electron chi connectivity index (χ2n) is 3.77. The van der Waals surface area contributed by atoms with Crippen LogP contribution in [-0.2, 0) is 0 Å². The normalized spacial score (nSPS) is 35.0. The molecule has 1 rings (SSSR count). The van der Waals surface area contributed by atoms with E-state index in [0.29, 0.717) is 5.92 Å². The molecule has 1 aliphatic rings. The van der Waals surface area contributed by atoms with Gasteiger partial charge in [-0.15, -0.1) is 6.58 Å². The highest BCUT2D eigenvalue weighted by Gasteiger charge is 2.21. The fraction of sp³-hybridized carbons (Fsp3) is 0.667. The van der Waals surface area contributed by atoms with Gasteiger partial charge in [0, 0.05) is 0 Å². The van der Waals surface area contributed by atoms with Crippen molar-refractivity contribution < 1.29 is 0 Å². The molecule has 0 heteroatoms. The third-order valence-corrected chi connectivity index (χ3v) is 3.08. The van der Waals surface area contributed by atoms with Gasteiger partial charge in [-0.05, 0) is 30.6 Å². The van der Waals surface area contributed by atoms with E-state index in [4.69, 9.17) is 0 Å². The van der Waals surface area contributed by atoms with Gasteiger partial charge in [-0.3, -0.25) is 0 Å². The standard InChI is InChI=1S/C12H20/c1-4-10-7-8-11(5-2)12(6-3)9-10/h5,7-8,10-12H,2,4,6,9H2,1,3H3. The Hall–Kier alpha value is -0.520. The summed E-state index contributed by atoms with van der Waals surface area (Å²) in [5.74, 6) is 2.31. The topological polar surface area (TPSA) is 0 Å². The third kappa shape index (κ3) is 2.00. The van der Waals surface area contributed by atoms with Crippen molar-refractivity contribution in [2.45, 2.75) is 33.1 Å². The van der Waals surface area contributed by atoms with Gasteiger partial charge in [0.25, 0.3) is 0 Å². The van der Waals surface area contributed by atoms with Crippen LogP contribution in [0, 0.1) is 17.8 Å². The molecule has 3 unspecified atom stereocenters. The first-order valence-electron chi connectivity index (χ1n) is 5.12. The molecule has 0 heterocycles. The highest BCUT2D eigenvalue weighted by Crippen LogP contribution is 2.32. The Balaban J connectivity index is 2.61. The molecule has 0 aromatic heterocycles. The summed E-state index contributed by atoms with van der Waals surface area (Å²) in [6.45, 7) is 8.44. The van der Waals surface area contributed by atoms with E-state index in [1.165, 1.54) is 19.3 Å². The number of hydrogen-bond acceptors (Lipinski definition) is 0. The van der Waals surface area contributed by atoms with E-state index in [-0.39, 0.29) is 0 Å². The van der Waals surface area contributed by atoms with Gasteiger partial charge in [-0.2, -0.15) is 0 Å². The summed E-state index contributed by atoms with van der Waals surface area (Å²) in [5, 5.41) is 0. The minimum Gasteiger partial charge on any atom is -0.102 e. The maximum Gasteiger partial charge on any atom is -0.00277 e. The molecule has 0 aromatic carbocycles. The van der Waals surface area contributed by atoms with Crippen LogP contribution in [-0.4, -0.2) is 0 Å². The molecule has 0 nitrogen and oxygen atoms in total. The third-order valence-electron chi connectivity index (χ3n) is 3.08. The molecule has 68 valence electrons. The number of rotatable bonds is 3. The van der Waals surface area contributed by atoms with E-state index in [0.717, 1.165) is 11.8 Å². The highest BCUT2D eigenvalue weighted by atomic mass is 14.3. The Kier molecular flexibility index (Phi) is 3.58. The van der Waals surface area contributed by atoms with Crippen molar-refractivity contribution in [3.8, 4) is 0 Å². The highest BCUT2D eigenvalue weighted by molar-refractivity contribution is 5.06. The summed E-state index contributed by atoms with van der Waals surface area (Å²) in [6.07, 6.45) is 10.8. The van der Waals surface area contributed by atoms with E-state index < -0.39 is 0 Å². The lowest BCUT2D eigenvalue weighted by Gasteiger charge is -2.28. The molecule has 0 aromatic rings. The number of allylic oxidation sites excluding steroid dienone is 3. The van der Waals surface area contributed by atoms with Crippen molar-refractivity contribution in [2.75, 3.05) is 0 Å². The van der Waals surface area contributed by atoms with Gasteiger partial charge in [0.1, 0.15) is 0 Å². The van der Waals surface area contributed by atoms with Crippen molar-refractivity contribution in [1.29, 1.82) is 0 Å². The molecule has 0 saturated carbocycles. The average Bonchev–Trinajstić information content (AvgIpc) is 2.16. The van der Waals surface area contributed by atoms with Gasteiger partial charge in [0.2, 0.25) is 0 Å². The van der Waals surface area contributed by atoms with Crippen LogP contribution in [0.4, 0.5) is 0 Å². The molecule has 12 heavy (non-hydrogen) atoms. The monoisotopic (exact) mass is 164 g/mol. The molecular weight excluding hydrogens is 144 g/mol. The van der Waals surface area contributed by atoms with E-state index in [9.17, 15) is 0 Å². The summed E-state index contributed by atoms with van der Waals surface area (Å²) in [7, 11) is 0. The van der Waals surface area contributed by atoms with Crippen molar-refractivity contribution in [1.82, 2.24) is 0 Å². The molecule has 0 amide bonds. The largest absolute Gasteiger partial charge is 0.102 e. The van der Waals surface area contributed by atoms with Crippen molar-refractivity contribution in [3.05, 3.63) is 24.8 Å². The van der Waals surface area contributed by atoms with Crippen molar-refractivity contribution in [2.24, 2.45) is 17.8 Å². The zero-order valence-electron chi connectivity index (χ0n) is 8.29. The molecule has 0 saturated heterocycles. The second-order valence-corrected chi connectivity index (χ2v) is 3.77. The van der Waals surface area contributed by atoms with Gasteiger partial charge in [0.15, 0.2) is 0 Å². The van der Waals surface area contributed by atoms with Gasteiger partial charge in [0.05, 0.1) is 0 Å². The van der Waals surface area contributed by atoms with Crippen LogP contribution in [0.5, 0.6) is 0 Å². The van der Waals surface area contributed by atoms with Crippen molar-refractivity contribution >= 4 is 0 Å². The average molecular weight is 164 g/mol. The first-order chi connectivity index (χ1) is 5.81. The Morgan fingerprint density at radius 3 is 2.58 bits per heavy atom. The first kappa shape index (κ1) is 9.57. The van der Waals surface area contributed by atoms with Crippen LogP contribution in [0.25, 0.3) is 0 Å². The number of hydrogen-bond donors (Lipinski definition) is 0. The molecule has 3 atom stereocenters. The fourth-order valence-electron chi connectivity index (χ4n) is 2.08. The van der Waals surface area contributed by atoms with E-state index in [1.807, 2.05) is 0 Å². The maximum atomic E-state index is 3.88. The summed E-state index contributed by atoms with van der Waals surface area (Å²) in [5.41, 5.74) is 0. The first-order valence-corrected chi connectivity index (χ1v) is 5.12. The minimum absolute atomic E-state index is 0.637. The van der Waals surface area contributed by atoms with Crippen LogP contribution in [0.3, 0.4) is 0 Å². The van der Waals surface area contributed by atoms with Crippen LogP contribution < -0.4 is 0 Å². The molecule has 0 radical (unpaired) electrons. The Labute approximate surface area is 76.4 Å². The minimum atomic E-state index is 0.637. The SMILES string of the molecule is C=CC1C=CC(CC)CC1CC. The van der Waals surface area contributed by atoms with Gasteiger partial charge in [-0.25, -0.2) is 0 Å². The Morgan fingerprint density at radius 1 is 1.33 bits per heavy atom. The van der Waals surface area contributed by atoms with Crippen molar-refractivity contribution in [3.63, 3.8) is 0 Å². The van der Waals surface area contributed by atoms with Crippen LogP contribution in [0.1, 0.15) is 33.1 Å². The summed E-state index contributed by atoms with van der Waals surface area (Å²) >= 11 is 0. The molecule has 0 spiro atoms. The van der Waals surface area contributed by atoms with Gasteiger partial charge < -0.3 is 0 Å². The van der Waals surface area contributed by atoms with Crippen LogP contribution in [0.15, 0.2) is 24.8 Å². The molecule has 0 N–H and O–H groups in total. The predicted octanol–water partition coefficient (Wildman–Crippen LogP) is 3.80. The summed E-state index contributed by atoms with van der Waals surface area (Å²) in [6, 6.07) is 0. The van der Waals surface area contributed by atoms with E-state index in [2.05, 4.69) is 38.7 Å². The molecule has 1 aliphatic carbocycles. The molecular formula is C12H20. The lowest BCUT2D eigenvalue weighted by Crippen LogP contribution is -2.18. The zero-order chi connectivity index (χ0) is 8.97. The Morgan fingerprint density at radius 2 is 2.08 bits per heavy atom. The quantitative estimate of drug-likeness (QED) is 0.556. The fourth-order valence-corrected chi connectivity index (χ4v) is 2.08. The van der Waals surface area contributed by atoms with E-state index >= 15 is 0 Å². The summed E-state index contributed by atoms with van der Waals surface area (Å²) in [4.78, 5) is 0. The molecule has 0 aliphatic heterocycles. The lowest BCUT2D eigenvalue weighted by atomic mass is 9.77. The van der Waals surface area contributed by atoms with Crippen LogP contribution >= 0.6 is 0 Å². The van der Waals surface area contributed by atoms with Crippen LogP contribution in [0.2, 0.25) is 0 Å². The second kappa shape index (κ2) is 4.49. The van der Waals surface area contributed by atoms with E-state index in [1.54, 1.807) is 0 Å². The van der Waals surface area contributed by atoms with Gasteiger partial charge >= 0.3 is 0 Å². The lowest BCUT2D eigenvalue weighted by molar-refractivity contribution is 0.333. The molecule has 0 fully saturated rings. The zero-order valence-corrected chi connectivity index (χ0v) is 8.29. The predicted molar refractivity (Wildman–Crippen MR) is 55.0 cm³/mol.